The summed E-state index contributed by atoms with van der Waals surface area (Å²) < 4.78 is 5.31. The largest absolute Gasteiger partial charge is 0.478 e. The summed E-state index contributed by atoms with van der Waals surface area (Å²) in [5.74, 6) is -1.07. The van der Waals surface area contributed by atoms with Gasteiger partial charge in [-0.1, -0.05) is 12.1 Å². The number of ether oxygens (including phenoxy) is 1. The van der Waals surface area contributed by atoms with Crippen LogP contribution in [0.5, 0.6) is 0 Å². The van der Waals surface area contributed by atoms with Crippen LogP contribution in [0, 0.1) is 11.3 Å². The highest BCUT2D eigenvalue weighted by atomic mass is 16.6. The molecule has 2 rings (SSSR count). The molecule has 1 aliphatic heterocycles. The van der Waals surface area contributed by atoms with Gasteiger partial charge in [0, 0.05) is 6.54 Å². The third-order valence-electron chi connectivity index (χ3n) is 3.59. The number of hydrogen-bond acceptors (Lipinski definition) is 4. The summed E-state index contributed by atoms with van der Waals surface area (Å²) >= 11 is 0. The average Bonchev–Trinajstić information content (AvgIpc) is 2.52. The maximum absolute atomic E-state index is 12.2. The van der Waals surface area contributed by atoms with Gasteiger partial charge in [-0.15, -0.1) is 0 Å². The van der Waals surface area contributed by atoms with Gasteiger partial charge < -0.3 is 14.7 Å². The van der Waals surface area contributed by atoms with Crippen LogP contribution in [0.3, 0.4) is 0 Å². The molecule has 1 aliphatic rings. The van der Waals surface area contributed by atoms with Crippen LogP contribution in [0.1, 0.15) is 38.3 Å². The zero-order valence-corrected chi connectivity index (χ0v) is 14.0. The summed E-state index contributed by atoms with van der Waals surface area (Å²) in [7, 11) is 0. The molecule has 1 N–H and O–H groups in total. The van der Waals surface area contributed by atoms with Crippen molar-refractivity contribution < 1.29 is 19.4 Å². The van der Waals surface area contributed by atoms with E-state index < -0.39 is 17.7 Å². The van der Waals surface area contributed by atoms with E-state index in [1.807, 2.05) is 6.07 Å². The Balaban J connectivity index is 2.31. The van der Waals surface area contributed by atoms with Gasteiger partial charge in [0.15, 0.2) is 0 Å². The first-order valence-electron chi connectivity index (χ1n) is 7.65. The minimum Gasteiger partial charge on any atom is -0.478 e. The monoisotopic (exact) mass is 328 g/mol. The van der Waals surface area contributed by atoms with E-state index in [1.165, 1.54) is 4.90 Å². The number of hydrogen-bond donors (Lipinski definition) is 1. The molecule has 6 heteroatoms. The fourth-order valence-electron chi connectivity index (χ4n) is 2.54. The van der Waals surface area contributed by atoms with E-state index in [4.69, 9.17) is 10.00 Å². The van der Waals surface area contributed by atoms with Crippen LogP contribution in [0.2, 0.25) is 0 Å². The normalized spacial score (nSPS) is 15.0. The van der Waals surface area contributed by atoms with E-state index in [-0.39, 0.29) is 12.1 Å². The zero-order chi connectivity index (χ0) is 17.9. The molecule has 1 aromatic carbocycles. The number of carbonyl (C=O) groups is 2. The Morgan fingerprint density at radius 3 is 2.62 bits per heavy atom. The highest BCUT2D eigenvalue weighted by Crippen LogP contribution is 2.29. The number of nitriles is 1. The van der Waals surface area contributed by atoms with Crippen molar-refractivity contribution in [1.29, 1.82) is 5.26 Å². The number of rotatable bonds is 2. The number of aliphatic carboxylic acids is 1. The summed E-state index contributed by atoms with van der Waals surface area (Å²) in [5.41, 5.74) is 1.35. The van der Waals surface area contributed by atoms with Crippen LogP contribution in [0.25, 0.3) is 5.57 Å². The van der Waals surface area contributed by atoms with Gasteiger partial charge in [0.2, 0.25) is 0 Å². The number of benzene rings is 1. The molecule has 6 nitrogen and oxygen atoms in total. The van der Waals surface area contributed by atoms with Gasteiger partial charge in [0.05, 0.1) is 23.8 Å². The molecule has 0 radical (unpaired) electrons. The first-order chi connectivity index (χ1) is 11.2. The van der Waals surface area contributed by atoms with E-state index in [0.717, 1.165) is 0 Å². The molecule has 126 valence electrons. The molecule has 0 unspecified atom stereocenters. The van der Waals surface area contributed by atoms with Gasteiger partial charge >= 0.3 is 12.1 Å². The smallest absolute Gasteiger partial charge is 0.410 e. The highest BCUT2D eigenvalue weighted by molar-refractivity contribution is 5.98. The molecule has 0 aliphatic carbocycles. The van der Waals surface area contributed by atoms with Crippen molar-refractivity contribution in [1.82, 2.24) is 4.90 Å². The van der Waals surface area contributed by atoms with Crippen molar-refractivity contribution >= 4 is 17.6 Å². The summed E-state index contributed by atoms with van der Waals surface area (Å²) in [4.78, 5) is 25.2. The summed E-state index contributed by atoms with van der Waals surface area (Å²) in [6, 6.07) is 8.89. The first kappa shape index (κ1) is 17.5. The Hall–Kier alpha value is -2.81. The van der Waals surface area contributed by atoms with Crippen molar-refractivity contribution in [2.45, 2.75) is 32.8 Å². The maximum atomic E-state index is 12.2. The number of amides is 1. The van der Waals surface area contributed by atoms with Gasteiger partial charge in [0.1, 0.15) is 5.60 Å². The van der Waals surface area contributed by atoms with Crippen molar-refractivity contribution in [2.75, 3.05) is 13.1 Å². The molecule has 1 amide bonds. The minimum absolute atomic E-state index is 0.0175. The fraction of sp³-hybridized carbons (Fsp3) is 0.389. The molecule has 0 spiro atoms. The van der Waals surface area contributed by atoms with Crippen LogP contribution < -0.4 is 0 Å². The average molecular weight is 328 g/mol. The summed E-state index contributed by atoms with van der Waals surface area (Å²) in [6.07, 6.45) is -0.124. The molecule has 0 saturated carbocycles. The van der Waals surface area contributed by atoms with Crippen LogP contribution in [-0.4, -0.2) is 40.8 Å². The molecular formula is C18H20N2O4. The quantitative estimate of drug-likeness (QED) is 0.901. The zero-order valence-electron chi connectivity index (χ0n) is 14.0. The number of carbonyl (C=O) groups excluding carboxylic acids is 1. The Labute approximate surface area is 140 Å². The number of carboxylic acids is 1. The summed E-state index contributed by atoms with van der Waals surface area (Å²) in [5, 5.41) is 18.5. The van der Waals surface area contributed by atoms with Crippen LogP contribution >= 0.6 is 0 Å². The van der Waals surface area contributed by atoms with Gasteiger partial charge in [-0.2, -0.15) is 5.26 Å². The van der Waals surface area contributed by atoms with E-state index in [9.17, 15) is 14.7 Å². The van der Waals surface area contributed by atoms with Gasteiger partial charge in [0.25, 0.3) is 0 Å². The Morgan fingerprint density at radius 2 is 2.04 bits per heavy atom. The van der Waals surface area contributed by atoms with Crippen molar-refractivity contribution in [3.05, 3.63) is 41.0 Å². The molecular weight excluding hydrogens is 308 g/mol. The van der Waals surface area contributed by atoms with Crippen LogP contribution in [-0.2, 0) is 9.53 Å². The van der Waals surface area contributed by atoms with Gasteiger partial charge in [-0.25, -0.2) is 9.59 Å². The van der Waals surface area contributed by atoms with Gasteiger partial charge in [-0.3, -0.25) is 0 Å². The van der Waals surface area contributed by atoms with Crippen molar-refractivity contribution in [3.8, 4) is 6.07 Å². The molecule has 24 heavy (non-hydrogen) atoms. The lowest BCUT2D eigenvalue weighted by atomic mass is 9.92. The SMILES string of the molecule is CC(C)(C)OC(=O)N1CCC(c2cccc(C#N)c2)=C(C(=O)O)C1. The Kier molecular flexibility index (Phi) is 4.93. The second-order valence-electron chi connectivity index (χ2n) is 6.61. The predicted octanol–water partition coefficient (Wildman–Crippen LogP) is 3.04. The first-order valence-corrected chi connectivity index (χ1v) is 7.65. The number of nitrogens with zero attached hydrogens (tertiary/aromatic N) is 2. The lowest BCUT2D eigenvalue weighted by Crippen LogP contribution is -2.41. The van der Waals surface area contributed by atoms with Gasteiger partial charge in [-0.05, 0) is 50.5 Å². The molecule has 1 heterocycles. The highest BCUT2D eigenvalue weighted by Gasteiger charge is 2.30. The molecule has 0 atom stereocenters. The minimum atomic E-state index is -1.07. The second-order valence-corrected chi connectivity index (χ2v) is 6.61. The Bertz CT molecular complexity index is 738. The molecule has 0 bridgehead atoms. The van der Waals surface area contributed by atoms with E-state index in [1.54, 1.807) is 45.0 Å². The standard InChI is InChI=1S/C18H20N2O4/c1-18(2,3)24-17(23)20-8-7-14(15(11-20)16(21)22)13-6-4-5-12(9-13)10-19/h4-6,9H,7-8,11H2,1-3H3,(H,21,22). The maximum Gasteiger partial charge on any atom is 0.410 e. The number of carboxylic acid groups (broad SMARTS) is 1. The topological polar surface area (TPSA) is 90.6 Å². The Morgan fingerprint density at radius 1 is 1.33 bits per heavy atom. The third-order valence-corrected chi connectivity index (χ3v) is 3.59. The van der Waals surface area contributed by atoms with E-state index in [2.05, 4.69) is 0 Å². The molecule has 1 aromatic rings. The third kappa shape index (κ3) is 4.13. The molecule has 0 saturated heterocycles. The van der Waals surface area contributed by atoms with Crippen LogP contribution in [0.4, 0.5) is 4.79 Å². The molecule has 0 fully saturated rings. The van der Waals surface area contributed by atoms with E-state index in [0.29, 0.717) is 29.7 Å². The lowest BCUT2D eigenvalue weighted by Gasteiger charge is -2.31. The lowest BCUT2D eigenvalue weighted by molar-refractivity contribution is -0.132. The van der Waals surface area contributed by atoms with Crippen molar-refractivity contribution in [2.24, 2.45) is 0 Å². The predicted molar refractivity (Wildman–Crippen MR) is 88.1 cm³/mol. The van der Waals surface area contributed by atoms with Crippen molar-refractivity contribution in [3.63, 3.8) is 0 Å². The summed E-state index contributed by atoms with van der Waals surface area (Å²) in [6.45, 7) is 5.65. The fourth-order valence-corrected chi connectivity index (χ4v) is 2.54. The molecule has 0 aromatic heterocycles. The second kappa shape index (κ2) is 6.75. The van der Waals surface area contributed by atoms with E-state index >= 15 is 0 Å². The van der Waals surface area contributed by atoms with Crippen LogP contribution in [0.15, 0.2) is 29.8 Å².